The van der Waals surface area contributed by atoms with E-state index in [0.29, 0.717) is 12.0 Å². The Bertz CT molecular complexity index is 467. The van der Waals surface area contributed by atoms with Crippen LogP contribution in [0.3, 0.4) is 0 Å². The van der Waals surface area contributed by atoms with E-state index in [1.807, 2.05) is 12.1 Å². The highest BCUT2D eigenvalue weighted by Crippen LogP contribution is 2.30. The third-order valence-corrected chi connectivity index (χ3v) is 3.66. The van der Waals surface area contributed by atoms with Gasteiger partial charge in [0.15, 0.2) is 5.54 Å². The molecular weight excluding hydrogens is 254 g/mol. The van der Waals surface area contributed by atoms with Gasteiger partial charge in [-0.25, -0.2) is 4.79 Å². The molecule has 1 aromatic rings. The summed E-state index contributed by atoms with van der Waals surface area (Å²) in [5.74, 6) is -1.03. The molecule has 0 aromatic heterocycles. The summed E-state index contributed by atoms with van der Waals surface area (Å²) in [7, 11) is 0. The van der Waals surface area contributed by atoms with E-state index >= 15 is 0 Å². The zero-order valence-corrected chi connectivity index (χ0v) is 12.6. The number of benzene rings is 1. The summed E-state index contributed by atoms with van der Waals surface area (Å²) in [4.78, 5) is 24.4. The first-order valence-corrected chi connectivity index (χ1v) is 6.94. The molecule has 20 heavy (non-hydrogen) atoms. The SMILES string of the molecule is CCCc1ccc(C(C)(C(=O)O)N(C=O)C(C)C)cc1. The first kappa shape index (κ1) is 16.2. The Hall–Kier alpha value is -1.84. The summed E-state index contributed by atoms with van der Waals surface area (Å²) in [5, 5.41) is 9.61. The van der Waals surface area contributed by atoms with E-state index in [0.717, 1.165) is 12.8 Å². The standard InChI is InChI=1S/C16H23NO3/c1-5-6-13-7-9-14(10-8-13)16(4,15(19)20)17(11-18)12(2)3/h7-12H,5-6H2,1-4H3,(H,19,20). The Kier molecular flexibility index (Phi) is 5.31. The van der Waals surface area contributed by atoms with Crippen molar-refractivity contribution in [1.82, 2.24) is 4.90 Å². The number of carbonyl (C=O) groups excluding carboxylic acids is 1. The van der Waals surface area contributed by atoms with Gasteiger partial charge < -0.3 is 10.0 Å². The third kappa shape index (κ3) is 3.00. The number of hydrogen-bond donors (Lipinski definition) is 1. The van der Waals surface area contributed by atoms with Crippen LogP contribution in [0.2, 0.25) is 0 Å². The number of carboxylic acid groups (broad SMARTS) is 1. The van der Waals surface area contributed by atoms with Crippen LogP contribution in [0, 0.1) is 0 Å². The Morgan fingerprint density at radius 1 is 1.35 bits per heavy atom. The lowest BCUT2D eigenvalue weighted by Crippen LogP contribution is -2.52. The first-order valence-electron chi connectivity index (χ1n) is 6.94. The van der Waals surface area contributed by atoms with Crippen molar-refractivity contribution in [2.45, 2.75) is 52.1 Å². The number of aliphatic carboxylic acids is 1. The molecule has 1 unspecified atom stereocenters. The topological polar surface area (TPSA) is 57.6 Å². The molecule has 1 amide bonds. The summed E-state index contributed by atoms with van der Waals surface area (Å²) < 4.78 is 0. The zero-order chi connectivity index (χ0) is 15.3. The van der Waals surface area contributed by atoms with E-state index in [-0.39, 0.29) is 6.04 Å². The molecule has 0 aliphatic heterocycles. The van der Waals surface area contributed by atoms with Crippen LogP contribution in [-0.4, -0.2) is 28.4 Å². The molecule has 0 aliphatic carbocycles. The Morgan fingerprint density at radius 2 is 1.90 bits per heavy atom. The summed E-state index contributed by atoms with van der Waals surface area (Å²) in [6.45, 7) is 7.28. The molecule has 1 rings (SSSR count). The zero-order valence-electron chi connectivity index (χ0n) is 12.6. The average Bonchev–Trinajstić information content (AvgIpc) is 2.39. The second kappa shape index (κ2) is 6.55. The van der Waals surface area contributed by atoms with Gasteiger partial charge in [-0.2, -0.15) is 0 Å². The van der Waals surface area contributed by atoms with Gasteiger partial charge in [0.25, 0.3) is 0 Å². The molecule has 0 radical (unpaired) electrons. The van der Waals surface area contributed by atoms with Crippen LogP contribution in [0.15, 0.2) is 24.3 Å². The van der Waals surface area contributed by atoms with Crippen molar-refractivity contribution in [2.24, 2.45) is 0 Å². The summed E-state index contributed by atoms with van der Waals surface area (Å²) >= 11 is 0. The van der Waals surface area contributed by atoms with Gasteiger partial charge in [0.2, 0.25) is 6.41 Å². The molecule has 0 fully saturated rings. The van der Waals surface area contributed by atoms with Gasteiger partial charge in [-0.05, 0) is 38.3 Å². The minimum atomic E-state index is -1.35. The van der Waals surface area contributed by atoms with Crippen molar-refractivity contribution in [1.29, 1.82) is 0 Å². The first-order chi connectivity index (χ1) is 9.37. The maximum Gasteiger partial charge on any atom is 0.334 e. The molecular formula is C16H23NO3. The van der Waals surface area contributed by atoms with Crippen LogP contribution in [0.4, 0.5) is 0 Å². The number of nitrogens with zero attached hydrogens (tertiary/aromatic N) is 1. The molecule has 0 saturated heterocycles. The third-order valence-electron chi connectivity index (χ3n) is 3.66. The number of hydrogen-bond acceptors (Lipinski definition) is 2. The number of carbonyl (C=O) groups is 2. The van der Waals surface area contributed by atoms with Crippen molar-refractivity contribution in [3.8, 4) is 0 Å². The van der Waals surface area contributed by atoms with Crippen LogP contribution < -0.4 is 0 Å². The predicted molar refractivity (Wildman–Crippen MR) is 78.5 cm³/mol. The second-order valence-corrected chi connectivity index (χ2v) is 5.43. The molecule has 0 aliphatic rings. The average molecular weight is 277 g/mol. The van der Waals surface area contributed by atoms with Gasteiger partial charge in [-0.3, -0.25) is 4.79 Å². The normalized spacial score (nSPS) is 13.8. The van der Waals surface area contributed by atoms with E-state index in [4.69, 9.17) is 0 Å². The monoisotopic (exact) mass is 277 g/mol. The fourth-order valence-electron chi connectivity index (χ4n) is 2.41. The lowest BCUT2D eigenvalue weighted by molar-refractivity contribution is -0.156. The van der Waals surface area contributed by atoms with Crippen molar-refractivity contribution in [3.63, 3.8) is 0 Å². The van der Waals surface area contributed by atoms with E-state index in [9.17, 15) is 14.7 Å². The molecule has 0 spiro atoms. The maximum atomic E-state index is 11.7. The Morgan fingerprint density at radius 3 is 2.25 bits per heavy atom. The lowest BCUT2D eigenvalue weighted by atomic mass is 9.88. The molecule has 4 nitrogen and oxygen atoms in total. The number of carboxylic acids is 1. The minimum Gasteiger partial charge on any atom is -0.479 e. The van der Waals surface area contributed by atoms with Gasteiger partial charge in [0.05, 0.1) is 0 Å². The number of aryl methyl sites for hydroxylation is 1. The van der Waals surface area contributed by atoms with Crippen LogP contribution in [0.1, 0.15) is 45.2 Å². The minimum absolute atomic E-state index is 0.191. The quantitative estimate of drug-likeness (QED) is 0.780. The van der Waals surface area contributed by atoms with Gasteiger partial charge in [-0.15, -0.1) is 0 Å². The smallest absolute Gasteiger partial charge is 0.334 e. The van der Waals surface area contributed by atoms with Crippen LogP contribution in [0.25, 0.3) is 0 Å². The molecule has 1 atom stereocenters. The van der Waals surface area contributed by atoms with E-state index < -0.39 is 11.5 Å². The van der Waals surface area contributed by atoms with E-state index in [2.05, 4.69) is 6.92 Å². The molecule has 110 valence electrons. The largest absolute Gasteiger partial charge is 0.479 e. The second-order valence-electron chi connectivity index (χ2n) is 5.43. The highest BCUT2D eigenvalue weighted by atomic mass is 16.4. The Labute approximate surface area is 120 Å². The molecule has 0 bridgehead atoms. The summed E-state index contributed by atoms with van der Waals surface area (Å²) in [5.41, 5.74) is 0.442. The maximum absolute atomic E-state index is 11.7. The van der Waals surface area contributed by atoms with Crippen LogP contribution >= 0.6 is 0 Å². The van der Waals surface area contributed by atoms with E-state index in [1.165, 1.54) is 10.5 Å². The van der Waals surface area contributed by atoms with Gasteiger partial charge in [0, 0.05) is 6.04 Å². The van der Waals surface area contributed by atoms with E-state index in [1.54, 1.807) is 32.9 Å². The fraction of sp³-hybridized carbons (Fsp3) is 0.500. The van der Waals surface area contributed by atoms with Crippen molar-refractivity contribution in [3.05, 3.63) is 35.4 Å². The van der Waals surface area contributed by atoms with Crippen molar-refractivity contribution in [2.75, 3.05) is 0 Å². The molecule has 0 heterocycles. The fourth-order valence-corrected chi connectivity index (χ4v) is 2.41. The molecule has 1 N–H and O–H groups in total. The van der Waals surface area contributed by atoms with Gasteiger partial charge in [0.1, 0.15) is 0 Å². The summed E-state index contributed by atoms with van der Waals surface area (Å²) in [6, 6.07) is 7.28. The van der Waals surface area contributed by atoms with Crippen molar-refractivity contribution < 1.29 is 14.7 Å². The highest BCUT2D eigenvalue weighted by molar-refractivity contribution is 5.83. The number of amides is 1. The van der Waals surface area contributed by atoms with Crippen molar-refractivity contribution >= 4 is 12.4 Å². The Balaban J connectivity index is 3.25. The molecule has 1 aromatic carbocycles. The summed E-state index contributed by atoms with van der Waals surface area (Å²) in [6.07, 6.45) is 2.62. The molecule has 4 heteroatoms. The molecule has 0 saturated carbocycles. The van der Waals surface area contributed by atoms with Gasteiger partial charge >= 0.3 is 5.97 Å². The lowest BCUT2D eigenvalue weighted by Gasteiger charge is -2.38. The highest BCUT2D eigenvalue weighted by Gasteiger charge is 2.42. The number of rotatable bonds is 7. The van der Waals surface area contributed by atoms with Gasteiger partial charge in [-0.1, -0.05) is 37.6 Å². The van der Waals surface area contributed by atoms with Crippen LogP contribution in [-0.2, 0) is 21.5 Å². The van der Waals surface area contributed by atoms with Crippen LogP contribution in [0.5, 0.6) is 0 Å². The predicted octanol–water partition coefficient (Wildman–Crippen LogP) is 2.81.